The third-order valence-corrected chi connectivity index (χ3v) is 4.40. The summed E-state index contributed by atoms with van der Waals surface area (Å²) in [5.74, 6) is -1.72. The number of benzene rings is 1. The molecule has 3 rings (SSSR count). The van der Waals surface area contributed by atoms with Gasteiger partial charge in [0.1, 0.15) is 5.92 Å². The van der Waals surface area contributed by atoms with E-state index in [4.69, 9.17) is 14.2 Å². The number of carboxylic acids is 1. The average molecular weight is 333 g/mol. The van der Waals surface area contributed by atoms with E-state index in [9.17, 15) is 14.7 Å². The van der Waals surface area contributed by atoms with E-state index in [1.165, 1.54) is 7.11 Å². The van der Waals surface area contributed by atoms with Crippen LogP contribution in [0.5, 0.6) is 11.5 Å². The van der Waals surface area contributed by atoms with E-state index >= 15 is 0 Å². The van der Waals surface area contributed by atoms with E-state index < -0.39 is 30.0 Å². The standard InChI is InChI=1S/C17H19NO6/c1-22-10-4-3-9(7-13(10)23-2)8-18-16(19)14-11-5-6-12(24-11)15(14)17(20)21/h3-7,11-12,14-15H,8H2,1-2H3,(H,18,19)(H,20,21)/t11-,12-,14-,15-/m0/s1. The first-order valence-electron chi connectivity index (χ1n) is 7.60. The van der Waals surface area contributed by atoms with Crippen molar-refractivity contribution in [3.05, 3.63) is 35.9 Å². The minimum atomic E-state index is -1.02. The number of ether oxygens (including phenoxy) is 3. The Hall–Kier alpha value is -2.54. The fourth-order valence-electron chi connectivity index (χ4n) is 3.21. The predicted molar refractivity (Wildman–Crippen MR) is 83.8 cm³/mol. The molecule has 0 spiro atoms. The summed E-state index contributed by atoms with van der Waals surface area (Å²) in [5, 5.41) is 12.1. The number of carboxylic acid groups (broad SMARTS) is 1. The van der Waals surface area contributed by atoms with Crippen molar-refractivity contribution >= 4 is 11.9 Å². The number of carbonyl (C=O) groups excluding carboxylic acids is 1. The van der Waals surface area contributed by atoms with Crippen LogP contribution in [0.25, 0.3) is 0 Å². The lowest BCUT2D eigenvalue weighted by atomic mass is 9.82. The zero-order valence-corrected chi connectivity index (χ0v) is 13.4. The zero-order chi connectivity index (χ0) is 17.3. The Morgan fingerprint density at radius 1 is 1.12 bits per heavy atom. The summed E-state index contributed by atoms with van der Waals surface area (Å²) in [6.45, 7) is 0.267. The van der Waals surface area contributed by atoms with Gasteiger partial charge in [0, 0.05) is 6.54 Å². The molecule has 1 fully saturated rings. The summed E-state index contributed by atoms with van der Waals surface area (Å²) in [6.07, 6.45) is 2.47. The molecule has 128 valence electrons. The number of nitrogens with one attached hydrogen (secondary N) is 1. The van der Waals surface area contributed by atoms with Crippen molar-refractivity contribution in [3.8, 4) is 11.5 Å². The van der Waals surface area contributed by atoms with Crippen molar-refractivity contribution in [2.75, 3.05) is 14.2 Å². The topological polar surface area (TPSA) is 94.1 Å². The molecule has 0 radical (unpaired) electrons. The molecule has 24 heavy (non-hydrogen) atoms. The summed E-state index contributed by atoms with van der Waals surface area (Å²) in [7, 11) is 3.09. The third kappa shape index (κ3) is 2.82. The van der Waals surface area contributed by atoms with Crippen molar-refractivity contribution in [3.63, 3.8) is 0 Å². The molecule has 0 saturated carbocycles. The highest BCUT2D eigenvalue weighted by Gasteiger charge is 2.53. The van der Waals surface area contributed by atoms with Gasteiger partial charge in [-0.3, -0.25) is 9.59 Å². The maximum absolute atomic E-state index is 12.5. The molecule has 1 aromatic carbocycles. The van der Waals surface area contributed by atoms with E-state index in [0.29, 0.717) is 11.5 Å². The van der Waals surface area contributed by atoms with Crippen LogP contribution in [-0.2, 0) is 20.9 Å². The number of amides is 1. The Morgan fingerprint density at radius 3 is 2.42 bits per heavy atom. The SMILES string of the molecule is COc1ccc(CNC(=O)[C@@H]2[C@@H](C(=O)O)[C@@H]3C=C[C@@H]2O3)cc1OC. The molecule has 2 aliphatic heterocycles. The van der Waals surface area contributed by atoms with Gasteiger partial charge in [0.05, 0.1) is 32.3 Å². The molecule has 7 heteroatoms. The van der Waals surface area contributed by atoms with E-state index in [1.807, 2.05) is 6.07 Å². The molecular weight excluding hydrogens is 314 g/mol. The number of fused-ring (bicyclic) bond motifs is 2. The first kappa shape index (κ1) is 16.3. The molecule has 0 aromatic heterocycles. The van der Waals surface area contributed by atoms with Gasteiger partial charge in [-0.1, -0.05) is 18.2 Å². The zero-order valence-electron chi connectivity index (χ0n) is 13.4. The van der Waals surface area contributed by atoms with E-state index in [-0.39, 0.29) is 12.5 Å². The van der Waals surface area contributed by atoms with Crippen LogP contribution in [-0.4, -0.2) is 43.4 Å². The minimum absolute atomic E-state index is 0.267. The lowest BCUT2D eigenvalue weighted by Gasteiger charge is -2.21. The van der Waals surface area contributed by atoms with Gasteiger partial charge in [-0.25, -0.2) is 0 Å². The molecule has 0 aliphatic carbocycles. The number of hydrogen-bond donors (Lipinski definition) is 2. The summed E-state index contributed by atoms with van der Waals surface area (Å²) < 4.78 is 15.9. The third-order valence-electron chi connectivity index (χ3n) is 4.40. The highest BCUT2D eigenvalue weighted by molar-refractivity contribution is 5.87. The molecule has 2 N–H and O–H groups in total. The van der Waals surface area contributed by atoms with Crippen molar-refractivity contribution < 1.29 is 28.9 Å². The summed E-state index contributed by atoms with van der Waals surface area (Å²) in [5.41, 5.74) is 0.826. The van der Waals surface area contributed by atoms with Gasteiger partial charge < -0.3 is 24.6 Å². The first-order valence-corrected chi connectivity index (χ1v) is 7.60. The van der Waals surface area contributed by atoms with Gasteiger partial charge in [-0.15, -0.1) is 0 Å². The summed E-state index contributed by atoms with van der Waals surface area (Å²) in [4.78, 5) is 23.9. The van der Waals surface area contributed by atoms with Crippen molar-refractivity contribution in [1.82, 2.24) is 5.32 Å². The highest BCUT2D eigenvalue weighted by atomic mass is 16.5. The van der Waals surface area contributed by atoms with Crippen LogP contribution >= 0.6 is 0 Å². The second-order valence-electron chi connectivity index (χ2n) is 5.75. The fraction of sp³-hybridized carbons (Fsp3) is 0.412. The summed E-state index contributed by atoms with van der Waals surface area (Å²) in [6, 6.07) is 5.34. The maximum Gasteiger partial charge on any atom is 0.310 e. The van der Waals surface area contributed by atoms with Crippen molar-refractivity contribution in [1.29, 1.82) is 0 Å². The molecule has 0 unspecified atom stereocenters. The number of hydrogen-bond acceptors (Lipinski definition) is 5. The second-order valence-corrected chi connectivity index (χ2v) is 5.75. The Balaban J connectivity index is 1.67. The van der Waals surface area contributed by atoms with Gasteiger partial charge in [-0.05, 0) is 17.7 Å². The Bertz CT molecular complexity index is 686. The van der Waals surface area contributed by atoms with Crippen LogP contribution in [0.15, 0.2) is 30.4 Å². The van der Waals surface area contributed by atoms with Crippen molar-refractivity contribution in [2.45, 2.75) is 18.8 Å². The quantitative estimate of drug-likeness (QED) is 0.754. The molecule has 7 nitrogen and oxygen atoms in total. The minimum Gasteiger partial charge on any atom is -0.493 e. The van der Waals surface area contributed by atoms with Gasteiger partial charge >= 0.3 is 5.97 Å². The Morgan fingerprint density at radius 2 is 1.79 bits per heavy atom. The fourth-order valence-corrected chi connectivity index (χ4v) is 3.21. The smallest absolute Gasteiger partial charge is 0.310 e. The van der Waals surface area contributed by atoms with Crippen LogP contribution in [0.2, 0.25) is 0 Å². The molecular formula is C17H19NO6. The number of aliphatic carboxylic acids is 1. The Kier molecular flexibility index (Phi) is 4.44. The number of methoxy groups -OCH3 is 2. The maximum atomic E-state index is 12.5. The molecule has 2 aliphatic rings. The normalized spacial score (nSPS) is 27.1. The van der Waals surface area contributed by atoms with E-state index in [1.54, 1.807) is 31.4 Å². The Labute approximate surface area is 139 Å². The molecule has 2 heterocycles. The van der Waals surface area contributed by atoms with E-state index in [2.05, 4.69) is 5.32 Å². The predicted octanol–water partition coefficient (Wildman–Crippen LogP) is 0.974. The van der Waals surface area contributed by atoms with Crippen LogP contribution in [0.3, 0.4) is 0 Å². The largest absolute Gasteiger partial charge is 0.493 e. The lowest BCUT2D eigenvalue weighted by Crippen LogP contribution is -2.42. The lowest BCUT2D eigenvalue weighted by molar-refractivity contribution is -0.146. The van der Waals surface area contributed by atoms with E-state index in [0.717, 1.165) is 5.56 Å². The molecule has 1 saturated heterocycles. The average Bonchev–Trinajstić information content (AvgIpc) is 3.20. The van der Waals surface area contributed by atoms with Gasteiger partial charge in [0.15, 0.2) is 11.5 Å². The van der Waals surface area contributed by atoms with Crippen LogP contribution in [0.4, 0.5) is 0 Å². The van der Waals surface area contributed by atoms with Gasteiger partial charge in [0.2, 0.25) is 5.91 Å². The van der Waals surface area contributed by atoms with Crippen LogP contribution in [0, 0.1) is 11.8 Å². The second kappa shape index (κ2) is 6.52. The monoisotopic (exact) mass is 333 g/mol. The molecule has 4 atom stereocenters. The molecule has 1 amide bonds. The van der Waals surface area contributed by atoms with Crippen LogP contribution < -0.4 is 14.8 Å². The number of rotatable bonds is 6. The number of carbonyl (C=O) groups is 2. The molecule has 1 aromatic rings. The van der Waals surface area contributed by atoms with Crippen LogP contribution in [0.1, 0.15) is 5.56 Å². The van der Waals surface area contributed by atoms with Gasteiger partial charge in [0.25, 0.3) is 0 Å². The summed E-state index contributed by atoms with van der Waals surface area (Å²) >= 11 is 0. The van der Waals surface area contributed by atoms with Crippen molar-refractivity contribution in [2.24, 2.45) is 11.8 Å². The van der Waals surface area contributed by atoms with Gasteiger partial charge in [-0.2, -0.15) is 0 Å². The first-order chi connectivity index (χ1) is 11.5. The molecule has 2 bridgehead atoms. The highest BCUT2D eigenvalue weighted by Crippen LogP contribution is 2.39.